The Hall–Kier alpha value is -1.62. The molecule has 0 atom stereocenters. The summed E-state index contributed by atoms with van der Waals surface area (Å²) in [5, 5.41) is 0.247. The van der Waals surface area contributed by atoms with Crippen LogP contribution in [0.25, 0.3) is 10.9 Å². The van der Waals surface area contributed by atoms with E-state index in [4.69, 9.17) is 17.3 Å². The summed E-state index contributed by atoms with van der Waals surface area (Å²) in [7, 11) is 0. The highest BCUT2D eigenvalue weighted by Gasteiger charge is 2.15. The number of primary amides is 1. The number of nitrogens with two attached hydrogens (primary N) is 1. The van der Waals surface area contributed by atoms with E-state index < -0.39 is 17.5 Å². The molecular formula is C9H5ClF2N2O. The molecule has 0 unspecified atom stereocenters. The zero-order valence-electron chi connectivity index (χ0n) is 7.27. The van der Waals surface area contributed by atoms with Gasteiger partial charge in [-0.3, -0.25) is 4.79 Å². The highest BCUT2D eigenvalue weighted by Crippen LogP contribution is 2.28. The number of nitrogens with one attached hydrogen (secondary N) is 1. The van der Waals surface area contributed by atoms with E-state index in [1.54, 1.807) is 0 Å². The third-order valence-corrected chi connectivity index (χ3v) is 2.34. The summed E-state index contributed by atoms with van der Waals surface area (Å²) in [5.41, 5.74) is 4.81. The Morgan fingerprint density at radius 1 is 1.40 bits per heavy atom. The topological polar surface area (TPSA) is 58.9 Å². The van der Waals surface area contributed by atoms with E-state index in [1.807, 2.05) is 0 Å². The Balaban J connectivity index is 2.85. The van der Waals surface area contributed by atoms with Crippen LogP contribution in [0.1, 0.15) is 10.5 Å². The van der Waals surface area contributed by atoms with Crippen molar-refractivity contribution < 1.29 is 13.6 Å². The quantitative estimate of drug-likeness (QED) is 0.725. The molecule has 1 heterocycles. The minimum atomic E-state index is -1.08. The van der Waals surface area contributed by atoms with Gasteiger partial charge in [-0.25, -0.2) is 8.78 Å². The minimum Gasteiger partial charge on any atom is -0.364 e. The van der Waals surface area contributed by atoms with Crippen molar-refractivity contribution in [2.45, 2.75) is 0 Å². The lowest BCUT2D eigenvalue weighted by Crippen LogP contribution is -2.10. The van der Waals surface area contributed by atoms with Gasteiger partial charge in [-0.1, -0.05) is 11.6 Å². The third kappa shape index (κ3) is 1.45. The molecule has 2 aromatic rings. The lowest BCUT2D eigenvalue weighted by atomic mass is 10.2. The number of aromatic amines is 1. The summed E-state index contributed by atoms with van der Waals surface area (Å²) < 4.78 is 26.2. The number of benzene rings is 1. The van der Waals surface area contributed by atoms with Crippen LogP contribution in [0, 0.1) is 11.6 Å². The maximum atomic E-state index is 13.2. The van der Waals surface area contributed by atoms with E-state index >= 15 is 0 Å². The van der Waals surface area contributed by atoms with Crippen molar-refractivity contribution in [1.82, 2.24) is 4.98 Å². The van der Waals surface area contributed by atoms with Gasteiger partial charge in [0.2, 0.25) is 0 Å². The Labute approximate surface area is 87.8 Å². The molecule has 0 bridgehead atoms. The summed E-state index contributed by atoms with van der Waals surface area (Å²) >= 11 is 5.67. The summed E-state index contributed by atoms with van der Waals surface area (Å²) in [6.45, 7) is 0. The molecule has 0 saturated carbocycles. The van der Waals surface area contributed by atoms with Crippen LogP contribution in [0.15, 0.2) is 12.1 Å². The summed E-state index contributed by atoms with van der Waals surface area (Å²) in [6.07, 6.45) is 0. The zero-order valence-corrected chi connectivity index (χ0v) is 8.03. The van der Waals surface area contributed by atoms with E-state index in [9.17, 15) is 13.6 Å². The van der Waals surface area contributed by atoms with Crippen molar-refractivity contribution in [2.75, 3.05) is 0 Å². The van der Waals surface area contributed by atoms with E-state index in [1.165, 1.54) is 6.07 Å². The molecule has 0 radical (unpaired) electrons. The standard InChI is InChI=1S/C9H5ClF2N2O/c10-4-2-5(11)7(12)8-3(4)1-6(14-8)9(13)15/h1-2,14H,(H2,13,15). The summed E-state index contributed by atoms with van der Waals surface area (Å²) in [6, 6.07) is 2.13. The molecule has 6 heteroatoms. The zero-order chi connectivity index (χ0) is 11.2. The molecule has 0 saturated heterocycles. The average Bonchev–Trinajstić information content (AvgIpc) is 2.59. The van der Waals surface area contributed by atoms with Gasteiger partial charge in [0, 0.05) is 5.39 Å². The summed E-state index contributed by atoms with van der Waals surface area (Å²) in [5.74, 6) is -2.92. The fourth-order valence-corrected chi connectivity index (χ4v) is 1.57. The predicted octanol–water partition coefficient (Wildman–Crippen LogP) is 2.20. The Morgan fingerprint density at radius 2 is 2.07 bits per heavy atom. The van der Waals surface area contributed by atoms with Crippen molar-refractivity contribution in [2.24, 2.45) is 5.73 Å². The van der Waals surface area contributed by atoms with Gasteiger partial charge in [-0.2, -0.15) is 0 Å². The number of rotatable bonds is 1. The number of aromatic nitrogens is 1. The highest BCUT2D eigenvalue weighted by atomic mass is 35.5. The molecule has 0 aliphatic heterocycles. The molecule has 3 N–H and O–H groups in total. The van der Waals surface area contributed by atoms with Gasteiger partial charge in [0.25, 0.3) is 5.91 Å². The highest BCUT2D eigenvalue weighted by molar-refractivity contribution is 6.35. The monoisotopic (exact) mass is 230 g/mol. The lowest BCUT2D eigenvalue weighted by molar-refractivity contribution is 0.0996. The number of carbonyl (C=O) groups excluding carboxylic acids is 1. The van der Waals surface area contributed by atoms with Gasteiger partial charge >= 0.3 is 0 Å². The van der Waals surface area contributed by atoms with Crippen LogP contribution in [0.5, 0.6) is 0 Å². The molecule has 0 fully saturated rings. The molecule has 1 aromatic carbocycles. The Bertz CT molecular complexity index is 565. The van der Waals surface area contributed by atoms with E-state index in [-0.39, 0.29) is 21.6 Å². The fourth-order valence-electron chi connectivity index (χ4n) is 1.32. The molecule has 3 nitrogen and oxygen atoms in total. The molecule has 1 amide bonds. The maximum absolute atomic E-state index is 13.2. The van der Waals surface area contributed by atoms with E-state index in [0.29, 0.717) is 0 Å². The van der Waals surface area contributed by atoms with Crippen LogP contribution in [0.3, 0.4) is 0 Å². The van der Waals surface area contributed by atoms with Crippen molar-refractivity contribution in [1.29, 1.82) is 0 Å². The van der Waals surface area contributed by atoms with Crippen LogP contribution in [0.2, 0.25) is 5.02 Å². The van der Waals surface area contributed by atoms with Crippen molar-refractivity contribution in [3.05, 3.63) is 34.5 Å². The number of fused-ring (bicyclic) bond motifs is 1. The molecule has 78 valence electrons. The predicted molar refractivity (Wildman–Crippen MR) is 51.7 cm³/mol. The molecular weight excluding hydrogens is 226 g/mol. The van der Waals surface area contributed by atoms with Crippen LogP contribution < -0.4 is 5.73 Å². The van der Waals surface area contributed by atoms with Crippen LogP contribution in [-0.4, -0.2) is 10.9 Å². The lowest BCUT2D eigenvalue weighted by Gasteiger charge is -1.96. The van der Waals surface area contributed by atoms with E-state index in [2.05, 4.69) is 4.98 Å². The molecule has 0 aliphatic carbocycles. The van der Waals surface area contributed by atoms with Crippen molar-refractivity contribution in [3.8, 4) is 0 Å². The average molecular weight is 231 g/mol. The van der Waals surface area contributed by atoms with Gasteiger partial charge in [-0.05, 0) is 12.1 Å². The molecule has 15 heavy (non-hydrogen) atoms. The van der Waals surface area contributed by atoms with E-state index in [0.717, 1.165) is 6.07 Å². The van der Waals surface area contributed by atoms with Crippen LogP contribution in [-0.2, 0) is 0 Å². The number of hydrogen-bond acceptors (Lipinski definition) is 1. The number of amides is 1. The summed E-state index contributed by atoms with van der Waals surface area (Å²) in [4.78, 5) is 13.2. The van der Waals surface area contributed by atoms with Gasteiger partial charge in [0.05, 0.1) is 10.5 Å². The fraction of sp³-hybridized carbons (Fsp3) is 0. The first-order chi connectivity index (χ1) is 7.00. The molecule has 1 aromatic heterocycles. The second kappa shape index (κ2) is 3.20. The SMILES string of the molecule is NC(=O)c1cc2c(Cl)cc(F)c(F)c2[nH]1. The van der Waals surface area contributed by atoms with Gasteiger partial charge in [-0.15, -0.1) is 0 Å². The second-order valence-electron chi connectivity index (χ2n) is 2.99. The van der Waals surface area contributed by atoms with Gasteiger partial charge in [0.1, 0.15) is 5.69 Å². The first kappa shape index (κ1) is 9.92. The largest absolute Gasteiger partial charge is 0.364 e. The maximum Gasteiger partial charge on any atom is 0.265 e. The van der Waals surface area contributed by atoms with Crippen LogP contribution >= 0.6 is 11.6 Å². The van der Waals surface area contributed by atoms with Gasteiger partial charge in [0.15, 0.2) is 11.6 Å². The van der Waals surface area contributed by atoms with Crippen molar-refractivity contribution >= 4 is 28.4 Å². The van der Waals surface area contributed by atoms with Gasteiger partial charge < -0.3 is 10.7 Å². The third-order valence-electron chi connectivity index (χ3n) is 2.02. The first-order valence-electron chi connectivity index (χ1n) is 3.96. The normalized spacial score (nSPS) is 10.9. The number of hydrogen-bond donors (Lipinski definition) is 2. The van der Waals surface area contributed by atoms with Crippen molar-refractivity contribution in [3.63, 3.8) is 0 Å². The smallest absolute Gasteiger partial charge is 0.265 e. The number of H-pyrrole nitrogens is 1. The number of halogens is 3. The molecule has 0 aliphatic rings. The Kier molecular flexibility index (Phi) is 2.12. The first-order valence-corrected chi connectivity index (χ1v) is 4.34. The minimum absolute atomic E-state index is 0.0172. The van der Waals surface area contributed by atoms with Crippen LogP contribution in [0.4, 0.5) is 8.78 Å². The molecule has 0 spiro atoms. The molecule has 2 rings (SSSR count). The second-order valence-corrected chi connectivity index (χ2v) is 3.40. The Morgan fingerprint density at radius 3 is 2.67 bits per heavy atom. The number of carbonyl (C=O) groups is 1.